The highest BCUT2D eigenvalue weighted by atomic mass is 35.5. The number of aromatic nitrogens is 1. The number of alkyl halides is 3. The third-order valence-corrected chi connectivity index (χ3v) is 4.20. The lowest BCUT2D eigenvalue weighted by Gasteiger charge is -2.13. The molecule has 0 radical (unpaired) electrons. The number of hydrogen-bond acceptors (Lipinski definition) is 6. The zero-order chi connectivity index (χ0) is 19.6. The van der Waals surface area contributed by atoms with Crippen molar-refractivity contribution in [1.82, 2.24) is 15.8 Å². The Morgan fingerprint density at radius 1 is 1.30 bits per heavy atom. The quantitative estimate of drug-likeness (QED) is 0.649. The van der Waals surface area contributed by atoms with Crippen molar-refractivity contribution < 1.29 is 27.6 Å². The van der Waals surface area contributed by atoms with Gasteiger partial charge in [0, 0.05) is 18.5 Å². The summed E-state index contributed by atoms with van der Waals surface area (Å²) < 4.78 is 37.8. The van der Waals surface area contributed by atoms with E-state index in [0.717, 1.165) is 18.9 Å². The summed E-state index contributed by atoms with van der Waals surface area (Å²) in [7, 11) is 0. The molecule has 1 aromatic heterocycles. The van der Waals surface area contributed by atoms with E-state index in [9.17, 15) is 22.8 Å². The minimum absolute atomic E-state index is 0.0509. The van der Waals surface area contributed by atoms with Crippen molar-refractivity contribution in [2.75, 3.05) is 11.9 Å². The summed E-state index contributed by atoms with van der Waals surface area (Å²) in [4.78, 5) is 32.1. The summed E-state index contributed by atoms with van der Waals surface area (Å²) in [5.74, 6) is -0.825. The third-order valence-electron chi connectivity index (χ3n) is 3.91. The second kappa shape index (κ2) is 7.59. The number of nitrogens with one attached hydrogen (secondary N) is 3. The number of hydrogen-bond donors (Lipinski definition) is 3. The van der Waals surface area contributed by atoms with E-state index in [4.69, 9.17) is 16.4 Å². The van der Waals surface area contributed by atoms with Crippen LogP contribution in [0.1, 0.15) is 24.8 Å². The number of hydrazine groups is 1. The lowest BCUT2D eigenvalue weighted by Crippen LogP contribution is -2.45. The molecule has 0 saturated heterocycles. The van der Waals surface area contributed by atoms with Crippen molar-refractivity contribution >= 4 is 34.9 Å². The van der Waals surface area contributed by atoms with Crippen LogP contribution in [0.2, 0.25) is 5.02 Å². The van der Waals surface area contributed by atoms with Crippen molar-refractivity contribution in [3.8, 4) is 0 Å². The van der Waals surface area contributed by atoms with Crippen molar-refractivity contribution in [3.63, 3.8) is 0 Å². The molecule has 0 aromatic carbocycles. The standard InChI is InChI=1S/C15H15ClF3N5O3/c16-10-3-8(15(17,18)19)5-20-12(10)21-6-9-4-11(24-27-9)14(26)23-22-13(25)7-1-2-7/h3,5,7,9H,1-2,4,6H2,(H,20,21)(H,22,25)(H,23,26)/t9-/m0/s1. The van der Waals surface area contributed by atoms with Crippen LogP contribution in [0.3, 0.4) is 0 Å². The Kier molecular flexibility index (Phi) is 5.40. The van der Waals surface area contributed by atoms with Crippen LogP contribution in [0.15, 0.2) is 17.4 Å². The predicted octanol–water partition coefficient (Wildman–Crippen LogP) is 1.87. The maximum Gasteiger partial charge on any atom is 0.417 e. The van der Waals surface area contributed by atoms with Crippen LogP contribution in [0.4, 0.5) is 19.0 Å². The van der Waals surface area contributed by atoms with E-state index in [0.29, 0.717) is 6.20 Å². The molecule has 3 rings (SSSR count). The van der Waals surface area contributed by atoms with Gasteiger partial charge in [0.1, 0.15) is 11.5 Å². The number of oxime groups is 1. The van der Waals surface area contributed by atoms with E-state index in [1.165, 1.54) is 0 Å². The predicted molar refractivity (Wildman–Crippen MR) is 88.7 cm³/mol. The maximum absolute atomic E-state index is 12.6. The monoisotopic (exact) mass is 405 g/mol. The zero-order valence-electron chi connectivity index (χ0n) is 13.8. The van der Waals surface area contributed by atoms with E-state index in [1.807, 2.05) is 0 Å². The summed E-state index contributed by atoms with van der Waals surface area (Å²) in [6.07, 6.45) is -2.64. The number of carbonyl (C=O) groups excluding carboxylic acids is 2. The molecule has 1 aliphatic heterocycles. The molecule has 146 valence electrons. The molecule has 3 N–H and O–H groups in total. The second-order valence-electron chi connectivity index (χ2n) is 6.12. The van der Waals surface area contributed by atoms with Gasteiger partial charge in [-0.05, 0) is 18.9 Å². The van der Waals surface area contributed by atoms with E-state index in [1.54, 1.807) is 0 Å². The summed E-state index contributed by atoms with van der Waals surface area (Å²) in [5, 5.41) is 6.21. The van der Waals surface area contributed by atoms with Gasteiger partial charge in [0.05, 0.1) is 17.1 Å². The van der Waals surface area contributed by atoms with Gasteiger partial charge in [0.25, 0.3) is 5.91 Å². The fraction of sp³-hybridized carbons (Fsp3) is 0.467. The van der Waals surface area contributed by atoms with E-state index in [2.05, 4.69) is 26.3 Å². The highest BCUT2D eigenvalue weighted by molar-refractivity contribution is 6.39. The molecule has 27 heavy (non-hydrogen) atoms. The van der Waals surface area contributed by atoms with E-state index >= 15 is 0 Å². The van der Waals surface area contributed by atoms with Crippen molar-refractivity contribution in [2.24, 2.45) is 11.1 Å². The van der Waals surface area contributed by atoms with Gasteiger partial charge in [-0.3, -0.25) is 20.4 Å². The number of carbonyl (C=O) groups is 2. The fourth-order valence-electron chi connectivity index (χ4n) is 2.24. The molecule has 0 unspecified atom stereocenters. The number of anilines is 1. The Hall–Kier alpha value is -2.56. The molecule has 1 aliphatic carbocycles. The van der Waals surface area contributed by atoms with Gasteiger partial charge in [0.2, 0.25) is 5.91 Å². The lowest BCUT2D eigenvalue weighted by atomic mass is 10.1. The van der Waals surface area contributed by atoms with Gasteiger partial charge in [0.15, 0.2) is 6.10 Å². The molecule has 2 amide bonds. The molecule has 1 aromatic rings. The Morgan fingerprint density at radius 3 is 2.67 bits per heavy atom. The number of amides is 2. The first-order valence-electron chi connectivity index (χ1n) is 8.03. The number of halogens is 4. The SMILES string of the molecule is O=C(NNC(=O)C1CC1)C1=NO[C@H](CNc2ncc(C(F)(F)F)cc2Cl)C1. The fourth-order valence-corrected chi connectivity index (χ4v) is 2.48. The molecule has 1 atom stereocenters. The van der Waals surface area contributed by atoms with Gasteiger partial charge in [-0.1, -0.05) is 16.8 Å². The zero-order valence-corrected chi connectivity index (χ0v) is 14.5. The summed E-state index contributed by atoms with van der Waals surface area (Å²) >= 11 is 5.80. The highest BCUT2D eigenvalue weighted by Crippen LogP contribution is 2.32. The molecule has 2 aliphatic rings. The van der Waals surface area contributed by atoms with E-state index < -0.39 is 23.8 Å². The maximum atomic E-state index is 12.6. The van der Waals surface area contributed by atoms with Gasteiger partial charge in [-0.15, -0.1) is 0 Å². The largest absolute Gasteiger partial charge is 0.417 e. The van der Waals surface area contributed by atoms with Gasteiger partial charge < -0.3 is 10.2 Å². The average Bonchev–Trinajstić information content (AvgIpc) is 3.36. The molecular weight excluding hydrogens is 391 g/mol. The third kappa shape index (κ3) is 5.00. The first kappa shape index (κ1) is 19.2. The van der Waals surface area contributed by atoms with Crippen LogP contribution < -0.4 is 16.2 Å². The molecule has 0 spiro atoms. The van der Waals surface area contributed by atoms with Crippen LogP contribution in [0.25, 0.3) is 0 Å². The molecule has 2 heterocycles. The van der Waals surface area contributed by atoms with E-state index in [-0.39, 0.29) is 41.3 Å². The average molecular weight is 406 g/mol. The van der Waals surface area contributed by atoms with Crippen molar-refractivity contribution in [2.45, 2.75) is 31.5 Å². The summed E-state index contributed by atoms with van der Waals surface area (Å²) in [6, 6.07) is 0.768. The Labute approximate surface area is 156 Å². The van der Waals surface area contributed by atoms with Crippen LogP contribution in [0.5, 0.6) is 0 Å². The van der Waals surface area contributed by atoms with Crippen LogP contribution in [0, 0.1) is 5.92 Å². The number of nitrogens with zero attached hydrogens (tertiary/aromatic N) is 2. The molecule has 12 heteroatoms. The molecule has 8 nitrogen and oxygen atoms in total. The minimum atomic E-state index is -4.53. The Bertz CT molecular complexity index is 782. The van der Waals surface area contributed by atoms with Gasteiger partial charge in [-0.2, -0.15) is 13.2 Å². The summed E-state index contributed by atoms with van der Waals surface area (Å²) in [5.41, 5.74) is 3.70. The number of pyridine rings is 1. The summed E-state index contributed by atoms with van der Waals surface area (Å²) in [6.45, 7) is 0.118. The molecular formula is C15H15ClF3N5O3. The van der Waals surface area contributed by atoms with Crippen molar-refractivity contribution in [1.29, 1.82) is 0 Å². The number of rotatable bonds is 5. The van der Waals surface area contributed by atoms with Crippen LogP contribution >= 0.6 is 11.6 Å². The molecule has 1 saturated carbocycles. The smallest absolute Gasteiger partial charge is 0.390 e. The topological polar surface area (TPSA) is 105 Å². The van der Waals surface area contributed by atoms with Crippen molar-refractivity contribution in [3.05, 3.63) is 22.8 Å². The van der Waals surface area contributed by atoms with Crippen LogP contribution in [-0.2, 0) is 20.6 Å². The first-order valence-corrected chi connectivity index (χ1v) is 8.41. The Balaban J connectivity index is 1.45. The minimum Gasteiger partial charge on any atom is -0.390 e. The highest BCUT2D eigenvalue weighted by Gasteiger charge is 2.32. The van der Waals surface area contributed by atoms with Gasteiger partial charge >= 0.3 is 6.18 Å². The van der Waals surface area contributed by atoms with Gasteiger partial charge in [-0.25, -0.2) is 4.98 Å². The molecule has 0 bridgehead atoms. The second-order valence-corrected chi connectivity index (χ2v) is 6.53. The molecule has 1 fully saturated rings. The normalized spacial score (nSPS) is 19.1. The first-order chi connectivity index (χ1) is 12.7. The Morgan fingerprint density at radius 2 is 2.04 bits per heavy atom. The lowest BCUT2D eigenvalue weighted by molar-refractivity contribution is -0.137. The van der Waals surface area contributed by atoms with Crippen LogP contribution in [-0.4, -0.2) is 35.2 Å².